The van der Waals surface area contributed by atoms with Gasteiger partial charge in [-0.3, -0.25) is 0 Å². The fourth-order valence-electron chi connectivity index (χ4n) is 1.77. The maximum absolute atomic E-state index is 13.7. The van der Waals surface area contributed by atoms with E-state index >= 15 is 0 Å². The van der Waals surface area contributed by atoms with E-state index in [1.807, 2.05) is 6.92 Å². The summed E-state index contributed by atoms with van der Waals surface area (Å²) in [6.07, 6.45) is 0.761. The van der Waals surface area contributed by atoms with Crippen LogP contribution in [0, 0.1) is 18.6 Å². The van der Waals surface area contributed by atoms with Crippen molar-refractivity contribution in [1.29, 1.82) is 0 Å². The highest BCUT2D eigenvalue weighted by Gasteiger charge is 2.11. The average Bonchev–Trinajstić information content (AvgIpc) is 2.44. The van der Waals surface area contributed by atoms with Gasteiger partial charge in [-0.15, -0.1) is 0 Å². The summed E-state index contributed by atoms with van der Waals surface area (Å²) in [5, 5.41) is 0. The van der Waals surface area contributed by atoms with Crippen LogP contribution in [-0.2, 0) is 0 Å². The van der Waals surface area contributed by atoms with Crippen molar-refractivity contribution in [2.45, 2.75) is 20.3 Å². The molecule has 0 fully saturated rings. The van der Waals surface area contributed by atoms with Gasteiger partial charge >= 0.3 is 0 Å². The minimum atomic E-state index is -0.538. The molecule has 3 nitrogen and oxygen atoms in total. The normalized spacial score (nSPS) is 10.5. The number of benzene rings is 2. The fraction of sp³-hybridized carbons (Fsp3) is 0.250. The van der Waals surface area contributed by atoms with Crippen LogP contribution in [0.15, 0.2) is 30.3 Å². The highest BCUT2D eigenvalue weighted by atomic mass is 19.1. The van der Waals surface area contributed by atoms with Gasteiger partial charge in [0.05, 0.1) is 12.3 Å². The van der Waals surface area contributed by atoms with Crippen LogP contribution in [0.25, 0.3) is 0 Å². The number of aryl methyl sites for hydroxylation is 1. The molecule has 5 heteroatoms. The van der Waals surface area contributed by atoms with E-state index in [-0.39, 0.29) is 23.0 Å². The van der Waals surface area contributed by atoms with Gasteiger partial charge in [0, 0.05) is 12.1 Å². The molecule has 0 bridgehead atoms. The Hall–Kier alpha value is -2.30. The summed E-state index contributed by atoms with van der Waals surface area (Å²) in [4.78, 5) is 0. The molecule has 0 unspecified atom stereocenters. The van der Waals surface area contributed by atoms with Gasteiger partial charge in [-0.2, -0.15) is 0 Å². The molecule has 2 aromatic rings. The predicted octanol–water partition coefficient (Wildman–Crippen LogP) is 4.44. The molecule has 0 spiro atoms. The van der Waals surface area contributed by atoms with E-state index in [4.69, 9.17) is 15.2 Å². The molecule has 0 atom stereocenters. The van der Waals surface area contributed by atoms with Crippen molar-refractivity contribution in [1.82, 2.24) is 0 Å². The molecule has 0 heterocycles. The first-order valence-electron chi connectivity index (χ1n) is 6.67. The number of halogens is 2. The smallest absolute Gasteiger partial charge is 0.167 e. The zero-order valence-corrected chi connectivity index (χ0v) is 12.0. The fourth-order valence-corrected chi connectivity index (χ4v) is 1.77. The highest BCUT2D eigenvalue weighted by molar-refractivity contribution is 5.57. The largest absolute Gasteiger partial charge is 0.490 e. The van der Waals surface area contributed by atoms with E-state index < -0.39 is 5.82 Å². The monoisotopic (exact) mass is 293 g/mol. The lowest BCUT2D eigenvalue weighted by Crippen LogP contribution is -2.00. The Morgan fingerprint density at radius 1 is 1.05 bits per heavy atom. The maximum Gasteiger partial charge on any atom is 0.167 e. The lowest BCUT2D eigenvalue weighted by Gasteiger charge is -2.12. The molecular weight excluding hydrogens is 276 g/mol. The molecule has 0 aliphatic carbocycles. The van der Waals surface area contributed by atoms with Crippen LogP contribution in [0.5, 0.6) is 17.2 Å². The third kappa shape index (κ3) is 3.62. The number of hydrogen-bond acceptors (Lipinski definition) is 3. The minimum Gasteiger partial charge on any atom is -0.490 e. The third-order valence-electron chi connectivity index (χ3n) is 2.88. The van der Waals surface area contributed by atoms with Gasteiger partial charge in [0.15, 0.2) is 17.3 Å². The van der Waals surface area contributed by atoms with Crippen LogP contribution in [-0.4, -0.2) is 6.61 Å². The van der Waals surface area contributed by atoms with Gasteiger partial charge in [0.1, 0.15) is 11.6 Å². The van der Waals surface area contributed by atoms with Crippen molar-refractivity contribution in [2.75, 3.05) is 12.3 Å². The van der Waals surface area contributed by atoms with Crippen LogP contribution < -0.4 is 15.2 Å². The maximum atomic E-state index is 13.7. The van der Waals surface area contributed by atoms with Crippen LogP contribution in [0.2, 0.25) is 0 Å². The Morgan fingerprint density at radius 3 is 2.48 bits per heavy atom. The molecule has 2 N–H and O–H groups in total. The van der Waals surface area contributed by atoms with Gasteiger partial charge in [0.25, 0.3) is 0 Å². The van der Waals surface area contributed by atoms with E-state index in [0.717, 1.165) is 12.5 Å². The summed E-state index contributed by atoms with van der Waals surface area (Å²) in [5.74, 6) is -0.0768. The van der Waals surface area contributed by atoms with E-state index in [2.05, 4.69) is 0 Å². The van der Waals surface area contributed by atoms with Crippen LogP contribution >= 0.6 is 0 Å². The SMILES string of the molecule is CCCOc1cc(Oc2ccc(F)c(C)c2)c(N)cc1F. The zero-order valence-electron chi connectivity index (χ0n) is 12.0. The van der Waals surface area contributed by atoms with Crippen molar-refractivity contribution >= 4 is 5.69 Å². The molecule has 2 rings (SSSR count). The lowest BCUT2D eigenvalue weighted by molar-refractivity contribution is 0.299. The molecule has 0 radical (unpaired) electrons. The van der Waals surface area contributed by atoms with Crippen LogP contribution in [0.3, 0.4) is 0 Å². The van der Waals surface area contributed by atoms with Gasteiger partial charge in [-0.05, 0) is 37.1 Å². The Kier molecular flexibility index (Phi) is 4.62. The van der Waals surface area contributed by atoms with Crippen LogP contribution in [0.1, 0.15) is 18.9 Å². The summed E-state index contributed by atoms with van der Waals surface area (Å²) in [6, 6.07) is 6.89. The first kappa shape index (κ1) is 15.1. The molecule has 0 aromatic heterocycles. The second kappa shape index (κ2) is 6.43. The lowest BCUT2D eigenvalue weighted by atomic mass is 10.2. The van der Waals surface area contributed by atoms with Gasteiger partial charge < -0.3 is 15.2 Å². The Morgan fingerprint density at radius 2 is 1.81 bits per heavy atom. The van der Waals surface area contributed by atoms with Gasteiger partial charge in [0.2, 0.25) is 0 Å². The number of hydrogen-bond donors (Lipinski definition) is 1. The van der Waals surface area contributed by atoms with Crippen molar-refractivity contribution < 1.29 is 18.3 Å². The molecule has 0 aliphatic rings. The van der Waals surface area contributed by atoms with Crippen molar-refractivity contribution in [3.05, 3.63) is 47.5 Å². The quantitative estimate of drug-likeness (QED) is 0.829. The third-order valence-corrected chi connectivity index (χ3v) is 2.88. The standard InChI is InChI=1S/C16H17F2NO2/c1-3-6-20-15-9-16(14(19)8-13(15)18)21-11-4-5-12(17)10(2)7-11/h4-5,7-9H,3,6,19H2,1-2H3. The average molecular weight is 293 g/mol. The van der Waals surface area contributed by atoms with Gasteiger partial charge in [-0.1, -0.05) is 6.92 Å². The summed E-state index contributed by atoms with van der Waals surface area (Å²) in [5.41, 5.74) is 6.35. The van der Waals surface area contributed by atoms with Crippen molar-refractivity contribution in [3.8, 4) is 17.2 Å². The number of anilines is 1. The molecule has 0 aliphatic heterocycles. The molecule has 112 valence electrons. The zero-order chi connectivity index (χ0) is 15.4. The Bertz CT molecular complexity index is 644. The van der Waals surface area contributed by atoms with Crippen molar-refractivity contribution in [2.24, 2.45) is 0 Å². The van der Waals surface area contributed by atoms with Crippen LogP contribution in [0.4, 0.5) is 14.5 Å². The number of nitrogen functional groups attached to an aromatic ring is 1. The predicted molar refractivity (Wildman–Crippen MR) is 77.8 cm³/mol. The van der Waals surface area contributed by atoms with E-state index in [9.17, 15) is 8.78 Å². The summed E-state index contributed by atoms with van der Waals surface area (Å²) < 4.78 is 37.8. The van der Waals surface area contributed by atoms with E-state index in [1.165, 1.54) is 18.2 Å². The molecule has 0 saturated carbocycles. The first-order valence-corrected chi connectivity index (χ1v) is 6.67. The summed E-state index contributed by atoms with van der Waals surface area (Å²) >= 11 is 0. The minimum absolute atomic E-state index is 0.0832. The number of rotatable bonds is 5. The molecule has 0 saturated heterocycles. The van der Waals surface area contributed by atoms with Gasteiger partial charge in [-0.25, -0.2) is 8.78 Å². The van der Waals surface area contributed by atoms with E-state index in [1.54, 1.807) is 13.0 Å². The summed E-state index contributed by atoms with van der Waals surface area (Å²) in [7, 11) is 0. The van der Waals surface area contributed by atoms with Crippen molar-refractivity contribution in [3.63, 3.8) is 0 Å². The second-order valence-corrected chi connectivity index (χ2v) is 4.68. The molecule has 21 heavy (non-hydrogen) atoms. The number of ether oxygens (including phenoxy) is 2. The molecule has 0 amide bonds. The second-order valence-electron chi connectivity index (χ2n) is 4.68. The van der Waals surface area contributed by atoms with E-state index in [0.29, 0.717) is 17.9 Å². The number of nitrogens with two attached hydrogens (primary N) is 1. The first-order chi connectivity index (χ1) is 10.0. The summed E-state index contributed by atoms with van der Waals surface area (Å²) in [6.45, 7) is 3.95. The highest BCUT2D eigenvalue weighted by Crippen LogP contribution is 2.34. The topological polar surface area (TPSA) is 44.5 Å². The Labute approximate surface area is 122 Å². The molecule has 2 aromatic carbocycles. The Balaban J connectivity index is 2.28. The molecular formula is C16H17F2NO2.